The Hall–Kier alpha value is -1.64. The van der Waals surface area contributed by atoms with Crippen molar-refractivity contribution in [2.75, 3.05) is 0 Å². The van der Waals surface area contributed by atoms with Gasteiger partial charge in [0, 0.05) is 12.1 Å². The third-order valence-electron chi connectivity index (χ3n) is 1.50. The van der Waals surface area contributed by atoms with Gasteiger partial charge in [-0.25, -0.2) is 0 Å². The van der Waals surface area contributed by atoms with E-state index in [0.717, 1.165) is 5.69 Å². The van der Waals surface area contributed by atoms with Gasteiger partial charge in [-0.05, 0) is 0 Å². The van der Waals surface area contributed by atoms with Crippen molar-refractivity contribution in [3.05, 3.63) is 43.0 Å². The largest absolute Gasteiger partial charge is 0.279 e. The van der Waals surface area contributed by atoms with E-state index in [1.807, 2.05) is 41.4 Å². The number of nitrogens with one attached hydrogen (secondary N) is 1. The van der Waals surface area contributed by atoms with E-state index >= 15 is 0 Å². The smallest absolute Gasteiger partial charge is 0.248 e. The summed E-state index contributed by atoms with van der Waals surface area (Å²) in [7, 11) is 0. The molecule has 1 N–H and O–H groups in total. The van der Waals surface area contributed by atoms with Gasteiger partial charge in [0.05, 0.1) is 6.20 Å². The quantitative estimate of drug-likeness (QED) is 0.590. The van der Waals surface area contributed by atoms with Gasteiger partial charge < -0.3 is 0 Å². The highest BCUT2D eigenvalue weighted by Gasteiger charge is 2.02. The molecule has 0 fully saturated rings. The lowest BCUT2D eigenvalue weighted by molar-refractivity contribution is -0.595. The average Bonchev–Trinajstić information content (AvgIpc) is 2.58. The second-order valence-corrected chi connectivity index (χ2v) is 2.24. The van der Waals surface area contributed by atoms with Crippen molar-refractivity contribution < 1.29 is 4.57 Å². The van der Waals surface area contributed by atoms with Gasteiger partial charge >= 0.3 is 0 Å². The van der Waals surface area contributed by atoms with Crippen molar-refractivity contribution in [3.8, 4) is 5.69 Å². The average molecular weight is 146 g/mol. The number of H-pyrrole nitrogens is 1. The highest BCUT2D eigenvalue weighted by Crippen LogP contribution is 1.90. The molecule has 2 aromatic heterocycles. The lowest BCUT2D eigenvalue weighted by Gasteiger charge is -1.85. The molecule has 54 valence electrons. The van der Waals surface area contributed by atoms with Gasteiger partial charge in [-0.1, -0.05) is 6.07 Å². The number of hydrogen-bond donors (Lipinski definition) is 1. The van der Waals surface area contributed by atoms with E-state index in [0.29, 0.717) is 0 Å². The Labute approximate surface area is 64.3 Å². The number of nitrogens with zero attached hydrogens (tertiary/aromatic N) is 2. The third kappa shape index (κ3) is 1.12. The van der Waals surface area contributed by atoms with Crippen molar-refractivity contribution in [1.82, 2.24) is 10.2 Å². The Morgan fingerprint density at radius 1 is 1.18 bits per heavy atom. The molecular formula is C8H8N3+. The van der Waals surface area contributed by atoms with Crippen LogP contribution in [0.15, 0.2) is 43.0 Å². The first kappa shape index (κ1) is 6.09. The maximum Gasteiger partial charge on any atom is 0.248 e. The molecule has 0 aliphatic heterocycles. The molecule has 0 bridgehead atoms. The summed E-state index contributed by atoms with van der Waals surface area (Å²) < 4.78 is 1.99. The van der Waals surface area contributed by atoms with Crippen LogP contribution in [0.4, 0.5) is 0 Å². The number of pyridine rings is 1. The summed E-state index contributed by atoms with van der Waals surface area (Å²) in [6.45, 7) is 0. The van der Waals surface area contributed by atoms with E-state index in [1.165, 1.54) is 0 Å². The highest BCUT2D eigenvalue weighted by molar-refractivity contribution is 5.10. The van der Waals surface area contributed by atoms with Crippen LogP contribution in [0.1, 0.15) is 0 Å². The Morgan fingerprint density at radius 3 is 2.64 bits per heavy atom. The summed E-state index contributed by atoms with van der Waals surface area (Å²) in [6, 6.07) is 5.94. The predicted molar refractivity (Wildman–Crippen MR) is 40.1 cm³/mol. The van der Waals surface area contributed by atoms with Crippen molar-refractivity contribution in [2.45, 2.75) is 0 Å². The minimum absolute atomic E-state index is 1.05. The fraction of sp³-hybridized carbons (Fsp3) is 0. The van der Waals surface area contributed by atoms with Crippen molar-refractivity contribution in [3.63, 3.8) is 0 Å². The highest BCUT2D eigenvalue weighted by atomic mass is 15.1. The van der Waals surface area contributed by atoms with Gasteiger partial charge in [-0.2, -0.15) is 9.67 Å². The molecule has 0 saturated carbocycles. The van der Waals surface area contributed by atoms with Crippen LogP contribution < -0.4 is 4.57 Å². The van der Waals surface area contributed by atoms with Crippen molar-refractivity contribution >= 4 is 0 Å². The molecule has 0 spiro atoms. The van der Waals surface area contributed by atoms with Gasteiger partial charge in [0.1, 0.15) is 6.20 Å². The summed E-state index contributed by atoms with van der Waals surface area (Å²) >= 11 is 0. The van der Waals surface area contributed by atoms with Crippen molar-refractivity contribution in [2.24, 2.45) is 0 Å². The molecule has 3 nitrogen and oxygen atoms in total. The monoisotopic (exact) mass is 146 g/mol. The number of aromatic amines is 1. The minimum atomic E-state index is 1.05. The summed E-state index contributed by atoms with van der Waals surface area (Å²) in [4.78, 5) is 0. The summed E-state index contributed by atoms with van der Waals surface area (Å²) in [5.74, 6) is 0. The van der Waals surface area contributed by atoms with Gasteiger partial charge in [0.25, 0.3) is 0 Å². The summed E-state index contributed by atoms with van der Waals surface area (Å²) in [5, 5.41) is 6.61. The second kappa shape index (κ2) is 2.54. The van der Waals surface area contributed by atoms with Gasteiger partial charge in [-0.3, -0.25) is 5.10 Å². The fourth-order valence-corrected chi connectivity index (χ4v) is 0.956. The van der Waals surface area contributed by atoms with E-state index < -0.39 is 0 Å². The molecule has 2 aromatic rings. The van der Waals surface area contributed by atoms with E-state index in [-0.39, 0.29) is 0 Å². The third-order valence-corrected chi connectivity index (χ3v) is 1.50. The van der Waals surface area contributed by atoms with Gasteiger partial charge in [0.2, 0.25) is 5.69 Å². The maximum absolute atomic E-state index is 3.85. The van der Waals surface area contributed by atoms with E-state index in [9.17, 15) is 0 Å². The van der Waals surface area contributed by atoms with Crippen LogP contribution in [0.25, 0.3) is 5.69 Å². The molecule has 0 radical (unpaired) electrons. The van der Waals surface area contributed by atoms with E-state index in [1.54, 1.807) is 6.20 Å². The van der Waals surface area contributed by atoms with Gasteiger partial charge in [-0.15, -0.1) is 0 Å². The normalized spacial score (nSPS) is 9.82. The Kier molecular flexibility index (Phi) is 1.41. The van der Waals surface area contributed by atoms with Crippen LogP contribution in [0.5, 0.6) is 0 Å². The molecule has 0 atom stereocenters. The molecule has 3 heteroatoms. The molecule has 0 aliphatic rings. The summed E-state index contributed by atoms with van der Waals surface area (Å²) in [6.07, 6.45) is 7.58. The molecular weight excluding hydrogens is 138 g/mol. The van der Waals surface area contributed by atoms with Crippen molar-refractivity contribution in [1.29, 1.82) is 0 Å². The standard InChI is InChI=1S/C8H8N3/c1-2-4-11(5-3-1)8-6-9-10-7-8/h1-7H,(H,9,10)/q+1. The first-order valence-corrected chi connectivity index (χ1v) is 3.42. The zero-order chi connectivity index (χ0) is 7.52. The zero-order valence-electron chi connectivity index (χ0n) is 5.94. The molecule has 0 unspecified atom stereocenters. The number of rotatable bonds is 1. The molecule has 2 rings (SSSR count). The number of aromatic nitrogens is 3. The second-order valence-electron chi connectivity index (χ2n) is 2.24. The molecule has 11 heavy (non-hydrogen) atoms. The SMILES string of the molecule is c1cc[n+](-c2cn[nH]c2)cc1. The molecule has 2 heterocycles. The van der Waals surface area contributed by atoms with Crippen LogP contribution in [-0.2, 0) is 0 Å². The Bertz CT molecular complexity index is 312. The molecule has 0 amide bonds. The van der Waals surface area contributed by atoms with Crippen LogP contribution in [-0.4, -0.2) is 10.2 Å². The van der Waals surface area contributed by atoms with E-state index in [2.05, 4.69) is 10.2 Å². The topological polar surface area (TPSA) is 32.6 Å². The minimum Gasteiger partial charge on any atom is -0.279 e. The van der Waals surface area contributed by atoms with E-state index in [4.69, 9.17) is 0 Å². The van der Waals surface area contributed by atoms with Crippen LogP contribution in [0.2, 0.25) is 0 Å². The van der Waals surface area contributed by atoms with Crippen LogP contribution >= 0.6 is 0 Å². The van der Waals surface area contributed by atoms with Gasteiger partial charge in [0.15, 0.2) is 12.4 Å². The lowest BCUT2D eigenvalue weighted by Crippen LogP contribution is -2.27. The molecule has 0 saturated heterocycles. The first-order valence-electron chi connectivity index (χ1n) is 3.42. The Balaban J connectivity index is 2.46. The first-order chi connectivity index (χ1) is 5.47. The number of hydrogen-bond acceptors (Lipinski definition) is 1. The predicted octanol–water partition coefficient (Wildman–Crippen LogP) is 0.686. The zero-order valence-corrected chi connectivity index (χ0v) is 5.94. The summed E-state index contributed by atoms with van der Waals surface area (Å²) in [5.41, 5.74) is 1.05. The maximum atomic E-state index is 3.85. The lowest BCUT2D eigenvalue weighted by atomic mass is 10.4. The molecule has 0 aliphatic carbocycles. The van der Waals surface area contributed by atoms with Crippen LogP contribution in [0, 0.1) is 0 Å². The Morgan fingerprint density at radius 2 is 2.00 bits per heavy atom. The van der Waals surface area contributed by atoms with Crippen LogP contribution in [0.3, 0.4) is 0 Å². The molecule has 0 aromatic carbocycles. The fourth-order valence-electron chi connectivity index (χ4n) is 0.956.